The molecule has 0 amide bonds. The first-order valence-corrected chi connectivity index (χ1v) is 10.7. The quantitative estimate of drug-likeness (QED) is 0.565. The maximum absolute atomic E-state index is 5.78. The molecule has 1 unspecified atom stereocenters. The molecule has 4 nitrogen and oxygen atoms in total. The Balaban J connectivity index is 1.52. The maximum atomic E-state index is 5.78. The lowest BCUT2D eigenvalue weighted by Gasteiger charge is -2.31. The first kappa shape index (κ1) is 17.7. The SMILES string of the molecule is SC1N(Cc2ccccc2)C(C2CCCCC2)=NN1c1coc2ccccc12. The van der Waals surface area contributed by atoms with Crippen LogP contribution in [0.25, 0.3) is 11.0 Å². The van der Waals surface area contributed by atoms with Crippen LogP contribution in [0.4, 0.5) is 5.69 Å². The summed E-state index contributed by atoms with van der Waals surface area (Å²) in [5.74, 6) is 1.68. The van der Waals surface area contributed by atoms with Crippen molar-refractivity contribution < 1.29 is 4.42 Å². The summed E-state index contributed by atoms with van der Waals surface area (Å²) in [5, 5.41) is 8.21. The molecule has 5 rings (SSSR count). The lowest BCUT2D eigenvalue weighted by molar-refractivity contribution is 0.358. The topological polar surface area (TPSA) is 32.0 Å². The molecule has 144 valence electrons. The number of rotatable bonds is 4. The number of hydrogen-bond donors (Lipinski definition) is 1. The number of hydrazone groups is 1. The Morgan fingerprint density at radius 2 is 1.71 bits per heavy atom. The Hall–Kier alpha value is -2.40. The van der Waals surface area contributed by atoms with Crippen molar-refractivity contribution in [3.05, 3.63) is 66.4 Å². The molecule has 1 fully saturated rings. The van der Waals surface area contributed by atoms with E-state index in [0.717, 1.165) is 23.2 Å². The number of furan rings is 1. The van der Waals surface area contributed by atoms with Crippen molar-refractivity contribution in [3.63, 3.8) is 0 Å². The summed E-state index contributed by atoms with van der Waals surface area (Å²) in [6.45, 7) is 0.816. The molecule has 28 heavy (non-hydrogen) atoms. The van der Waals surface area contributed by atoms with Crippen molar-refractivity contribution in [2.75, 3.05) is 5.01 Å². The van der Waals surface area contributed by atoms with Gasteiger partial charge in [0.25, 0.3) is 0 Å². The van der Waals surface area contributed by atoms with Crippen LogP contribution in [-0.2, 0) is 6.54 Å². The molecule has 0 bridgehead atoms. The fourth-order valence-corrected chi connectivity index (χ4v) is 4.78. The lowest BCUT2D eigenvalue weighted by Crippen LogP contribution is -2.40. The predicted molar refractivity (Wildman–Crippen MR) is 117 cm³/mol. The second-order valence-electron chi connectivity index (χ2n) is 7.71. The van der Waals surface area contributed by atoms with Crippen molar-refractivity contribution in [2.24, 2.45) is 11.0 Å². The van der Waals surface area contributed by atoms with E-state index in [1.807, 2.05) is 29.5 Å². The molecule has 0 radical (unpaired) electrons. The van der Waals surface area contributed by atoms with E-state index < -0.39 is 0 Å². The molecule has 2 aliphatic rings. The average Bonchev–Trinajstić information content (AvgIpc) is 3.31. The van der Waals surface area contributed by atoms with Crippen LogP contribution in [0.1, 0.15) is 37.7 Å². The van der Waals surface area contributed by atoms with Crippen molar-refractivity contribution >= 4 is 35.1 Å². The Labute approximate surface area is 171 Å². The number of amidine groups is 1. The van der Waals surface area contributed by atoms with Crippen molar-refractivity contribution in [3.8, 4) is 0 Å². The largest absolute Gasteiger partial charge is 0.462 e. The molecule has 0 N–H and O–H groups in total. The van der Waals surface area contributed by atoms with Gasteiger partial charge in [0.15, 0.2) is 5.50 Å². The molecule has 0 spiro atoms. The molecule has 2 aromatic carbocycles. The van der Waals surface area contributed by atoms with E-state index in [1.54, 1.807) is 0 Å². The van der Waals surface area contributed by atoms with Gasteiger partial charge in [0.2, 0.25) is 0 Å². The van der Waals surface area contributed by atoms with Crippen LogP contribution in [0, 0.1) is 5.92 Å². The minimum atomic E-state index is -0.141. The van der Waals surface area contributed by atoms with Gasteiger partial charge in [-0.3, -0.25) is 0 Å². The van der Waals surface area contributed by atoms with Gasteiger partial charge in [0, 0.05) is 17.8 Å². The molecule has 1 aromatic heterocycles. The van der Waals surface area contributed by atoms with Crippen molar-refractivity contribution in [1.29, 1.82) is 0 Å². The zero-order valence-electron chi connectivity index (χ0n) is 15.9. The zero-order valence-corrected chi connectivity index (χ0v) is 16.8. The van der Waals surface area contributed by atoms with Gasteiger partial charge in [0.1, 0.15) is 23.4 Å². The van der Waals surface area contributed by atoms with E-state index in [1.165, 1.54) is 43.5 Å². The highest BCUT2D eigenvalue weighted by Gasteiger charge is 2.37. The van der Waals surface area contributed by atoms with E-state index in [9.17, 15) is 0 Å². The number of fused-ring (bicyclic) bond motifs is 1. The summed E-state index contributed by atoms with van der Waals surface area (Å²) in [7, 11) is 0. The molecular weight excluding hydrogens is 366 g/mol. The smallest absolute Gasteiger partial charge is 0.170 e. The summed E-state index contributed by atoms with van der Waals surface area (Å²) in [5.41, 5.74) is 3.01. The van der Waals surface area contributed by atoms with Crippen molar-refractivity contribution in [2.45, 2.75) is 44.1 Å². The molecule has 2 heterocycles. The van der Waals surface area contributed by atoms with Crippen LogP contribution >= 0.6 is 12.6 Å². The van der Waals surface area contributed by atoms with Crippen molar-refractivity contribution in [1.82, 2.24) is 4.90 Å². The van der Waals surface area contributed by atoms with Crippen LogP contribution in [0.15, 0.2) is 70.4 Å². The minimum Gasteiger partial charge on any atom is -0.462 e. The van der Waals surface area contributed by atoms with E-state index >= 15 is 0 Å². The number of benzene rings is 2. The highest BCUT2D eigenvalue weighted by Crippen LogP contribution is 2.38. The van der Waals surface area contributed by atoms with Gasteiger partial charge < -0.3 is 9.32 Å². The number of thiol groups is 1. The monoisotopic (exact) mass is 391 g/mol. The standard InChI is InChI=1S/C23H25N3OS/c28-23-25(15-17-9-3-1-4-10-17)22(18-11-5-2-6-12-18)24-26(23)20-16-27-21-14-8-7-13-19(20)21/h1,3-4,7-10,13-14,16,18,23,28H,2,5-6,11-12,15H2. The molecular formula is C23H25N3OS. The molecule has 1 aliphatic carbocycles. The van der Waals surface area contributed by atoms with E-state index in [0.29, 0.717) is 5.92 Å². The second-order valence-corrected chi connectivity index (χ2v) is 8.18. The molecule has 1 saturated carbocycles. The zero-order chi connectivity index (χ0) is 18.9. The normalized spacial score (nSPS) is 20.8. The van der Waals surface area contributed by atoms with Gasteiger partial charge in [-0.25, -0.2) is 5.01 Å². The Kier molecular flexibility index (Phi) is 4.77. The maximum Gasteiger partial charge on any atom is 0.170 e. The van der Waals surface area contributed by atoms with Gasteiger partial charge >= 0.3 is 0 Å². The first-order chi connectivity index (χ1) is 13.8. The molecule has 0 saturated heterocycles. The molecule has 1 atom stereocenters. The fraction of sp³-hybridized carbons (Fsp3) is 0.348. The average molecular weight is 392 g/mol. The second kappa shape index (κ2) is 7.55. The van der Waals surface area contributed by atoms with Gasteiger partial charge in [0.05, 0.1) is 0 Å². The summed E-state index contributed by atoms with van der Waals surface area (Å²) < 4.78 is 5.78. The third-order valence-corrected chi connectivity index (χ3v) is 6.37. The van der Waals surface area contributed by atoms with Crippen LogP contribution in [-0.4, -0.2) is 16.2 Å². The Morgan fingerprint density at radius 1 is 0.964 bits per heavy atom. The van der Waals surface area contributed by atoms with Gasteiger partial charge in [-0.2, -0.15) is 5.10 Å². The third-order valence-electron chi connectivity index (χ3n) is 5.88. The lowest BCUT2D eigenvalue weighted by atomic mass is 9.88. The number of nitrogens with zero attached hydrogens (tertiary/aromatic N) is 3. The molecule has 5 heteroatoms. The Bertz CT molecular complexity index is 978. The number of hydrogen-bond acceptors (Lipinski definition) is 5. The van der Waals surface area contributed by atoms with E-state index in [-0.39, 0.29) is 5.50 Å². The van der Waals surface area contributed by atoms with Gasteiger partial charge in [-0.15, -0.1) is 12.6 Å². The summed E-state index contributed by atoms with van der Waals surface area (Å²) in [6.07, 6.45) is 8.14. The summed E-state index contributed by atoms with van der Waals surface area (Å²) >= 11 is 5.00. The first-order valence-electron chi connectivity index (χ1n) is 10.1. The van der Waals surface area contributed by atoms with Crippen LogP contribution < -0.4 is 5.01 Å². The molecule has 3 aromatic rings. The summed E-state index contributed by atoms with van der Waals surface area (Å²) in [4.78, 5) is 2.36. The Morgan fingerprint density at radius 3 is 2.54 bits per heavy atom. The number of anilines is 1. The minimum absolute atomic E-state index is 0.141. The highest BCUT2D eigenvalue weighted by molar-refractivity contribution is 7.81. The van der Waals surface area contributed by atoms with Crippen LogP contribution in [0.3, 0.4) is 0 Å². The number of para-hydroxylation sites is 1. The van der Waals surface area contributed by atoms with E-state index in [2.05, 4.69) is 41.3 Å². The van der Waals surface area contributed by atoms with Crippen LogP contribution in [0.2, 0.25) is 0 Å². The third kappa shape index (κ3) is 3.18. The summed E-state index contributed by atoms with van der Waals surface area (Å²) in [6, 6.07) is 18.7. The van der Waals surface area contributed by atoms with Crippen LogP contribution in [0.5, 0.6) is 0 Å². The molecule has 1 aliphatic heterocycles. The highest BCUT2D eigenvalue weighted by atomic mass is 32.1. The van der Waals surface area contributed by atoms with E-state index in [4.69, 9.17) is 22.1 Å². The fourth-order valence-electron chi connectivity index (χ4n) is 4.41. The van der Waals surface area contributed by atoms with Gasteiger partial charge in [-0.05, 0) is 30.5 Å². The van der Waals surface area contributed by atoms with Gasteiger partial charge in [-0.1, -0.05) is 61.7 Å². The predicted octanol–water partition coefficient (Wildman–Crippen LogP) is 5.86.